The molecule has 0 saturated carbocycles. The van der Waals surface area contributed by atoms with E-state index in [4.69, 9.17) is 0 Å². The van der Waals surface area contributed by atoms with E-state index < -0.39 is 0 Å². The number of rotatable bonds is 3. The molecule has 2 aromatic heterocycles. The number of para-hydroxylation sites is 2. The molecule has 0 aliphatic rings. The highest BCUT2D eigenvalue weighted by atomic mass is 16.1. The average molecular weight is 302 g/mol. The van der Waals surface area contributed by atoms with Crippen LogP contribution in [0.15, 0.2) is 66.9 Å². The fourth-order valence-corrected chi connectivity index (χ4v) is 2.59. The van der Waals surface area contributed by atoms with Gasteiger partial charge < -0.3 is 10.3 Å². The number of amides is 1. The second-order valence-corrected chi connectivity index (χ2v) is 5.25. The van der Waals surface area contributed by atoms with Crippen LogP contribution in [0.3, 0.4) is 0 Å². The maximum atomic E-state index is 12.5. The Morgan fingerprint density at radius 2 is 1.78 bits per heavy atom. The van der Waals surface area contributed by atoms with Crippen LogP contribution in [-0.4, -0.2) is 21.1 Å². The summed E-state index contributed by atoms with van der Waals surface area (Å²) in [4.78, 5) is 15.8. The Morgan fingerprint density at radius 3 is 2.61 bits per heavy atom. The lowest BCUT2D eigenvalue weighted by atomic mass is 10.1. The lowest BCUT2D eigenvalue weighted by Gasteiger charge is -2.04. The summed E-state index contributed by atoms with van der Waals surface area (Å²) in [5, 5.41) is 10.9. The molecule has 4 aromatic rings. The number of fused-ring (bicyclic) bond motifs is 1. The zero-order chi connectivity index (χ0) is 15.6. The Hall–Kier alpha value is -3.34. The third-order valence-corrected chi connectivity index (χ3v) is 3.71. The van der Waals surface area contributed by atoms with Gasteiger partial charge in [0.1, 0.15) is 0 Å². The van der Waals surface area contributed by atoms with Crippen molar-refractivity contribution in [2.75, 3.05) is 5.32 Å². The largest absolute Gasteiger partial charge is 0.353 e. The Bertz CT molecular complexity index is 936. The molecular formula is C18H14N4O. The summed E-state index contributed by atoms with van der Waals surface area (Å²) in [6.45, 7) is 0. The summed E-state index contributed by atoms with van der Waals surface area (Å²) in [6, 6.07) is 19.3. The molecule has 4 rings (SSSR count). The Morgan fingerprint density at radius 1 is 1.00 bits per heavy atom. The van der Waals surface area contributed by atoms with Crippen LogP contribution in [-0.2, 0) is 0 Å². The number of H-pyrrole nitrogens is 2. The van der Waals surface area contributed by atoms with Crippen LogP contribution in [0.4, 0.5) is 5.69 Å². The molecule has 0 fully saturated rings. The van der Waals surface area contributed by atoms with Gasteiger partial charge in [0.15, 0.2) is 0 Å². The predicted molar refractivity (Wildman–Crippen MR) is 90.3 cm³/mol. The van der Waals surface area contributed by atoms with E-state index in [-0.39, 0.29) is 5.91 Å². The van der Waals surface area contributed by atoms with E-state index in [0.717, 1.165) is 22.3 Å². The number of hydrogen-bond acceptors (Lipinski definition) is 2. The summed E-state index contributed by atoms with van der Waals surface area (Å²) in [5.41, 5.74) is 3.78. The maximum absolute atomic E-state index is 12.5. The van der Waals surface area contributed by atoms with Gasteiger partial charge in [-0.2, -0.15) is 5.10 Å². The first-order valence-electron chi connectivity index (χ1n) is 7.29. The standard InChI is InChI=1S/C18H14N4O/c23-18(20-13-7-2-1-3-8-13)14-11-19-22-17(14)16-10-12-6-4-5-9-15(12)21-16/h1-11,21H,(H,19,22)(H,20,23). The lowest BCUT2D eigenvalue weighted by Crippen LogP contribution is -2.12. The van der Waals surface area contributed by atoms with Crippen molar-refractivity contribution in [3.05, 3.63) is 72.4 Å². The molecule has 112 valence electrons. The predicted octanol–water partition coefficient (Wildman–Crippen LogP) is 3.81. The molecule has 0 spiro atoms. The Labute approximate surface area is 132 Å². The van der Waals surface area contributed by atoms with Crippen LogP contribution in [0.5, 0.6) is 0 Å². The van der Waals surface area contributed by atoms with E-state index in [1.807, 2.05) is 60.7 Å². The van der Waals surface area contributed by atoms with E-state index in [2.05, 4.69) is 20.5 Å². The summed E-state index contributed by atoms with van der Waals surface area (Å²) in [6.07, 6.45) is 1.54. The second-order valence-electron chi connectivity index (χ2n) is 5.25. The minimum Gasteiger partial charge on any atom is -0.353 e. The fraction of sp³-hybridized carbons (Fsp3) is 0. The topological polar surface area (TPSA) is 73.6 Å². The Balaban J connectivity index is 1.69. The highest BCUT2D eigenvalue weighted by molar-refractivity contribution is 6.08. The molecule has 5 nitrogen and oxygen atoms in total. The highest BCUT2D eigenvalue weighted by Crippen LogP contribution is 2.25. The van der Waals surface area contributed by atoms with Gasteiger partial charge in [-0.15, -0.1) is 0 Å². The third-order valence-electron chi connectivity index (χ3n) is 3.71. The molecule has 2 heterocycles. The van der Waals surface area contributed by atoms with E-state index in [1.54, 1.807) is 6.20 Å². The monoisotopic (exact) mass is 302 g/mol. The van der Waals surface area contributed by atoms with Gasteiger partial charge in [0.25, 0.3) is 5.91 Å². The molecular weight excluding hydrogens is 288 g/mol. The van der Waals surface area contributed by atoms with Gasteiger partial charge >= 0.3 is 0 Å². The van der Waals surface area contributed by atoms with Crippen molar-refractivity contribution in [1.29, 1.82) is 0 Å². The number of nitrogens with one attached hydrogen (secondary N) is 3. The zero-order valence-electron chi connectivity index (χ0n) is 12.2. The molecule has 0 saturated heterocycles. The molecule has 0 bridgehead atoms. The molecule has 0 radical (unpaired) electrons. The van der Waals surface area contributed by atoms with E-state index in [1.165, 1.54) is 0 Å². The number of carbonyl (C=O) groups excluding carboxylic acids is 1. The summed E-state index contributed by atoms with van der Waals surface area (Å²) >= 11 is 0. The normalized spacial score (nSPS) is 10.8. The van der Waals surface area contributed by atoms with Crippen LogP contribution in [0, 0.1) is 0 Å². The van der Waals surface area contributed by atoms with E-state index in [0.29, 0.717) is 11.3 Å². The van der Waals surface area contributed by atoms with Gasteiger partial charge in [0.05, 0.1) is 23.1 Å². The number of hydrogen-bond donors (Lipinski definition) is 3. The van der Waals surface area contributed by atoms with Gasteiger partial charge in [-0.25, -0.2) is 0 Å². The third kappa shape index (κ3) is 2.48. The van der Waals surface area contributed by atoms with E-state index >= 15 is 0 Å². The molecule has 0 aliphatic carbocycles. The van der Waals surface area contributed by atoms with Crippen LogP contribution in [0.1, 0.15) is 10.4 Å². The first-order chi connectivity index (χ1) is 11.3. The van der Waals surface area contributed by atoms with Crippen LogP contribution < -0.4 is 5.32 Å². The molecule has 0 atom stereocenters. The summed E-state index contributed by atoms with van der Waals surface area (Å²) in [7, 11) is 0. The van der Waals surface area contributed by atoms with Crippen molar-refractivity contribution >= 4 is 22.5 Å². The van der Waals surface area contributed by atoms with Crippen LogP contribution in [0.2, 0.25) is 0 Å². The highest BCUT2D eigenvalue weighted by Gasteiger charge is 2.16. The van der Waals surface area contributed by atoms with Crippen LogP contribution >= 0.6 is 0 Å². The first kappa shape index (κ1) is 13.3. The van der Waals surface area contributed by atoms with E-state index in [9.17, 15) is 4.79 Å². The first-order valence-corrected chi connectivity index (χ1v) is 7.29. The Kier molecular flexibility index (Phi) is 3.16. The van der Waals surface area contributed by atoms with Crippen molar-refractivity contribution < 1.29 is 4.79 Å². The minimum absolute atomic E-state index is 0.196. The number of carbonyl (C=O) groups is 1. The molecule has 2 aromatic carbocycles. The van der Waals surface area contributed by atoms with Crippen LogP contribution in [0.25, 0.3) is 22.3 Å². The summed E-state index contributed by atoms with van der Waals surface area (Å²) in [5.74, 6) is -0.196. The summed E-state index contributed by atoms with van der Waals surface area (Å²) < 4.78 is 0. The van der Waals surface area contributed by atoms with Gasteiger partial charge in [-0.3, -0.25) is 9.89 Å². The molecule has 1 amide bonds. The van der Waals surface area contributed by atoms with Gasteiger partial charge in [-0.1, -0.05) is 36.4 Å². The van der Waals surface area contributed by atoms with Gasteiger partial charge in [0.2, 0.25) is 0 Å². The molecule has 3 N–H and O–H groups in total. The van der Waals surface area contributed by atoms with Crippen molar-refractivity contribution in [1.82, 2.24) is 15.2 Å². The average Bonchev–Trinajstić information content (AvgIpc) is 3.22. The quantitative estimate of drug-likeness (QED) is 0.538. The molecule has 0 aliphatic heterocycles. The van der Waals surface area contributed by atoms with Crippen molar-refractivity contribution in [3.8, 4) is 11.4 Å². The molecule has 0 unspecified atom stereocenters. The lowest BCUT2D eigenvalue weighted by molar-refractivity contribution is 0.102. The maximum Gasteiger partial charge on any atom is 0.259 e. The van der Waals surface area contributed by atoms with Crippen molar-refractivity contribution in [3.63, 3.8) is 0 Å². The number of nitrogens with zero attached hydrogens (tertiary/aromatic N) is 1. The smallest absolute Gasteiger partial charge is 0.259 e. The van der Waals surface area contributed by atoms with Gasteiger partial charge in [-0.05, 0) is 24.3 Å². The number of anilines is 1. The minimum atomic E-state index is -0.196. The molecule has 23 heavy (non-hydrogen) atoms. The van der Waals surface area contributed by atoms with Crippen molar-refractivity contribution in [2.45, 2.75) is 0 Å². The number of benzene rings is 2. The second kappa shape index (κ2) is 5.46. The number of aromatic nitrogens is 3. The SMILES string of the molecule is O=C(Nc1ccccc1)c1cn[nH]c1-c1cc2ccccc2[nH]1. The molecule has 5 heteroatoms. The number of aromatic amines is 2. The fourth-order valence-electron chi connectivity index (χ4n) is 2.59. The van der Waals surface area contributed by atoms with Crippen molar-refractivity contribution in [2.24, 2.45) is 0 Å². The van der Waals surface area contributed by atoms with Gasteiger partial charge in [0, 0.05) is 16.6 Å². The zero-order valence-corrected chi connectivity index (χ0v) is 12.2.